The number of hydrogen-bond donors (Lipinski definition) is 1. The Morgan fingerprint density at radius 1 is 1.46 bits per heavy atom. The fourth-order valence-electron chi connectivity index (χ4n) is 3.27. The first-order valence-electron chi connectivity index (χ1n) is 8.04. The molecule has 2 amide bonds. The smallest absolute Gasteiger partial charge is 0.225 e. The molecule has 1 aromatic heterocycles. The number of sulfone groups is 1. The van der Waals surface area contributed by atoms with Crippen LogP contribution in [0.2, 0.25) is 0 Å². The Morgan fingerprint density at radius 2 is 2.25 bits per heavy atom. The summed E-state index contributed by atoms with van der Waals surface area (Å²) in [5.74, 6) is -0.0171. The van der Waals surface area contributed by atoms with Gasteiger partial charge in [-0.25, -0.2) is 8.42 Å². The van der Waals surface area contributed by atoms with Gasteiger partial charge in [-0.05, 0) is 13.3 Å². The first-order valence-corrected chi connectivity index (χ1v) is 9.86. The maximum absolute atomic E-state index is 12.3. The largest absolute Gasteiger partial charge is 0.348 e. The van der Waals surface area contributed by atoms with Crippen LogP contribution in [0.4, 0.5) is 0 Å². The number of nitrogens with one attached hydrogen (secondary N) is 1. The molecule has 1 N–H and O–H groups in total. The molecule has 0 saturated carbocycles. The van der Waals surface area contributed by atoms with E-state index in [1.165, 1.54) is 0 Å². The van der Waals surface area contributed by atoms with Crippen molar-refractivity contribution in [3.05, 3.63) is 12.2 Å². The first-order chi connectivity index (χ1) is 11.4. The van der Waals surface area contributed by atoms with Gasteiger partial charge in [0.05, 0.1) is 24.0 Å². The Labute approximate surface area is 140 Å². The van der Waals surface area contributed by atoms with Gasteiger partial charge in [-0.1, -0.05) is 0 Å². The van der Waals surface area contributed by atoms with Gasteiger partial charge in [0.1, 0.15) is 6.33 Å². The zero-order chi connectivity index (χ0) is 17.3. The van der Waals surface area contributed by atoms with Gasteiger partial charge in [-0.15, -0.1) is 10.2 Å². The third-order valence-electron chi connectivity index (χ3n) is 4.64. The van der Waals surface area contributed by atoms with Crippen LogP contribution in [0.3, 0.4) is 0 Å². The van der Waals surface area contributed by atoms with Crippen molar-refractivity contribution in [2.75, 3.05) is 18.1 Å². The van der Waals surface area contributed by atoms with Gasteiger partial charge in [-0.3, -0.25) is 9.59 Å². The molecule has 24 heavy (non-hydrogen) atoms. The fraction of sp³-hybridized carbons (Fsp3) is 0.714. The molecule has 2 aliphatic rings. The third-order valence-corrected chi connectivity index (χ3v) is 6.39. The van der Waals surface area contributed by atoms with Crippen molar-refractivity contribution in [2.24, 2.45) is 5.92 Å². The van der Waals surface area contributed by atoms with Gasteiger partial charge in [0.15, 0.2) is 15.7 Å². The van der Waals surface area contributed by atoms with Crippen LogP contribution in [0.5, 0.6) is 0 Å². The van der Waals surface area contributed by atoms with Gasteiger partial charge in [-0.2, -0.15) is 0 Å². The lowest BCUT2D eigenvalue weighted by Gasteiger charge is -2.22. The minimum Gasteiger partial charge on any atom is -0.348 e. The highest BCUT2D eigenvalue weighted by atomic mass is 32.2. The molecule has 132 valence electrons. The van der Waals surface area contributed by atoms with E-state index >= 15 is 0 Å². The van der Waals surface area contributed by atoms with Crippen LogP contribution in [-0.2, 0) is 32.5 Å². The molecule has 2 aliphatic heterocycles. The van der Waals surface area contributed by atoms with Crippen molar-refractivity contribution >= 4 is 21.7 Å². The number of aromatic nitrogens is 3. The maximum Gasteiger partial charge on any atom is 0.225 e. The number of amides is 2. The molecular formula is C14H21N5O4S. The zero-order valence-corrected chi connectivity index (χ0v) is 14.3. The van der Waals surface area contributed by atoms with Crippen LogP contribution >= 0.6 is 0 Å². The summed E-state index contributed by atoms with van der Waals surface area (Å²) in [5.41, 5.74) is 0. The van der Waals surface area contributed by atoms with Gasteiger partial charge in [0.25, 0.3) is 0 Å². The summed E-state index contributed by atoms with van der Waals surface area (Å²) in [4.78, 5) is 26.0. The average Bonchev–Trinajstić information content (AvgIpc) is 3.22. The summed E-state index contributed by atoms with van der Waals surface area (Å²) < 4.78 is 25.0. The SMILES string of the molecule is CCn1cnnc1CNC(=O)C1CC(=O)N(C2CCS(=O)(=O)C2)C1. The molecule has 9 nitrogen and oxygen atoms in total. The van der Waals surface area contributed by atoms with E-state index in [4.69, 9.17) is 0 Å². The average molecular weight is 355 g/mol. The molecule has 0 aliphatic carbocycles. The van der Waals surface area contributed by atoms with Crippen LogP contribution in [0, 0.1) is 5.92 Å². The minimum atomic E-state index is -3.05. The van der Waals surface area contributed by atoms with Gasteiger partial charge in [0, 0.05) is 25.6 Å². The van der Waals surface area contributed by atoms with Crippen molar-refractivity contribution < 1.29 is 18.0 Å². The number of aryl methyl sites for hydroxylation is 1. The molecule has 10 heteroatoms. The topological polar surface area (TPSA) is 114 Å². The maximum atomic E-state index is 12.3. The molecule has 2 unspecified atom stereocenters. The lowest BCUT2D eigenvalue weighted by molar-refractivity contribution is -0.130. The first kappa shape index (κ1) is 16.9. The predicted molar refractivity (Wildman–Crippen MR) is 84.4 cm³/mol. The number of hydrogen-bond acceptors (Lipinski definition) is 6. The molecule has 0 aromatic carbocycles. The second-order valence-corrected chi connectivity index (χ2v) is 8.48. The molecule has 0 radical (unpaired) electrons. The van der Waals surface area contributed by atoms with E-state index in [0.29, 0.717) is 18.8 Å². The number of carbonyl (C=O) groups is 2. The number of carbonyl (C=O) groups excluding carboxylic acids is 2. The van der Waals surface area contributed by atoms with Gasteiger partial charge < -0.3 is 14.8 Å². The quantitative estimate of drug-likeness (QED) is 0.721. The summed E-state index contributed by atoms with van der Waals surface area (Å²) in [6, 6.07) is -0.288. The minimum absolute atomic E-state index is 0.00663. The van der Waals surface area contributed by atoms with E-state index in [9.17, 15) is 18.0 Å². The molecule has 2 atom stereocenters. The molecule has 0 spiro atoms. The Morgan fingerprint density at radius 3 is 2.92 bits per heavy atom. The number of nitrogens with zero attached hydrogens (tertiary/aromatic N) is 4. The monoisotopic (exact) mass is 355 g/mol. The number of likely N-dealkylation sites (tertiary alicyclic amines) is 1. The van der Waals surface area contributed by atoms with Crippen LogP contribution in [-0.4, -0.2) is 64.0 Å². The van der Waals surface area contributed by atoms with Crippen LogP contribution in [0.15, 0.2) is 6.33 Å². The van der Waals surface area contributed by atoms with Crippen LogP contribution in [0.25, 0.3) is 0 Å². The molecule has 3 heterocycles. The van der Waals surface area contributed by atoms with E-state index in [0.717, 1.165) is 0 Å². The summed E-state index contributed by atoms with van der Waals surface area (Å²) in [5, 5.41) is 10.5. The van der Waals surface area contributed by atoms with Gasteiger partial charge in [0.2, 0.25) is 11.8 Å². The van der Waals surface area contributed by atoms with Crippen molar-refractivity contribution in [1.29, 1.82) is 0 Å². The zero-order valence-electron chi connectivity index (χ0n) is 13.5. The van der Waals surface area contributed by atoms with Crippen molar-refractivity contribution in [3.63, 3.8) is 0 Å². The molecule has 2 saturated heterocycles. The van der Waals surface area contributed by atoms with E-state index in [1.807, 2.05) is 11.5 Å². The van der Waals surface area contributed by atoms with Crippen molar-refractivity contribution in [2.45, 2.75) is 38.9 Å². The van der Waals surface area contributed by atoms with Gasteiger partial charge >= 0.3 is 0 Å². The molecule has 0 bridgehead atoms. The second-order valence-electron chi connectivity index (χ2n) is 6.25. The third kappa shape index (κ3) is 3.42. The summed E-state index contributed by atoms with van der Waals surface area (Å²) in [6.07, 6.45) is 2.19. The second kappa shape index (κ2) is 6.50. The number of rotatable bonds is 5. The molecular weight excluding hydrogens is 334 g/mol. The van der Waals surface area contributed by atoms with Crippen molar-refractivity contribution in [1.82, 2.24) is 25.0 Å². The summed E-state index contributed by atoms with van der Waals surface area (Å²) in [7, 11) is -3.05. The standard InChI is InChI=1S/C14H21N5O4S/c1-2-18-9-16-17-12(18)6-15-14(21)10-5-13(20)19(7-10)11-3-4-24(22,23)8-11/h9-11H,2-8H2,1H3,(H,15,21). The molecule has 1 aromatic rings. The predicted octanol–water partition coefficient (Wildman–Crippen LogP) is -1.05. The molecule has 2 fully saturated rings. The Bertz CT molecular complexity index is 744. The van der Waals surface area contributed by atoms with Crippen molar-refractivity contribution in [3.8, 4) is 0 Å². The highest BCUT2D eigenvalue weighted by Gasteiger charge is 2.41. The highest BCUT2D eigenvalue weighted by Crippen LogP contribution is 2.26. The fourth-order valence-corrected chi connectivity index (χ4v) is 5.00. The summed E-state index contributed by atoms with van der Waals surface area (Å²) >= 11 is 0. The van der Waals surface area contributed by atoms with Crippen LogP contribution < -0.4 is 5.32 Å². The lowest BCUT2D eigenvalue weighted by Crippen LogP contribution is -2.39. The normalized spacial score (nSPS) is 26.0. The molecule has 3 rings (SSSR count). The van der Waals surface area contributed by atoms with E-state index in [-0.39, 0.29) is 48.9 Å². The Balaban J connectivity index is 1.56. The van der Waals surface area contributed by atoms with Crippen LogP contribution in [0.1, 0.15) is 25.6 Å². The van der Waals surface area contributed by atoms with E-state index < -0.39 is 15.8 Å². The Hall–Kier alpha value is -1.97. The van der Waals surface area contributed by atoms with E-state index in [2.05, 4.69) is 15.5 Å². The summed E-state index contributed by atoms with van der Waals surface area (Å²) in [6.45, 7) is 3.21. The van der Waals surface area contributed by atoms with E-state index in [1.54, 1.807) is 11.2 Å². The Kier molecular flexibility index (Phi) is 4.57. The highest BCUT2D eigenvalue weighted by molar-refractivity contribution is 7.91. The lowest BCUT2D eigenvalue weighted by atomic mass is 10.1.